The van der Waals surface area contributed by atoms with Gasteiger partial charge in [-0.2, -0.15) is 0 Å². The Balaban J connectivity index is 1.59. The molecule has 1 aliphatic heterocycles. The van der Waals surface area contributed by atoms with E-state index >= 15 is 0 Å². The molecule has 0 bridgehead atoms. The average molecular weight is 309 g/mol. The van der Waals surface area contributed by atoms with E-state index in [1.807, 2.05) is 13.0 Å². The van der Waals surface area contributed by atoms with E-state index in [-0.39, 0.29) is 0 Å². The quantitative estimate of drug-likeness (QED) is 0.651. The molecule has 0 aliphatic carbocycles. The van der Waals surface area contributed by atoms with Crippen molar-refractivity contribution in [1.82, 2.24) is 19.8 Å². The fourth-order valence-corrected chi connectivity index (χ4v) is 3.12. The number of nitrogen functional groups attached to an aromatic ring is 1. The van der Waals surface area contributed by atoms with Crippen LogP contribution in [0.2, 0.25) is 0 Å². The number of furan rings is 1. The van der Waals surface area contributed by atoms with Crippen molar-refractivity contribution in [2.45, 2.75) is 12.1 Å². The van der Waals surface area contributed by atoms with Crippen LogP contribution in [-0.4, -0.2) is 58.4 Å². The highest BCUT2D eigenvalue weighted by atomic mass is 32.2. The molecule has 1 aliphatic rings. The van der Waals surface area contributed by atoms with Gasteiger partial charge in [0.15, 0.2) is 5.82 Å². The van der Waals surface area contributed by atoms with Gasteiger partial charge < -0.3 is 15.0 Å². The number of aryl methyl sites for hydroxylation is 1. The topological polar surface area (TPSA) is 82.3 Å². The fourth-order valence-electron chi connectivity index (χ4n) is 2.27. The molecule has 1 saturated heterocycles. The van der Waals surface area contributed by atoms with E-state index in [2.05, 4.69) is 15.1 Å². The van der Waals surface area contributed by atoms with Gasteiger partial charge in [0, 0.05) is 25.4 Å². The van der Waals surface area contributed by atoms with E-state index in [4.69, 9.17) is 15.0 Å². The van der Waals surface area contributed by atoms with E-state index in [0.717, 1.165) is 55.1 Å². The van der Waals surface area contributed by atoms with Gasteiger partial charge in [0.05, 0.1) is 25.0 Å². The first-order valence-electron chi connectivity index (χ1n) is 6.93. The lowest BCUT2D eigenvalue weighted by molar-refractivity contribution is 0.0410. The van der Waals surface area contributed by atoms with Crippen LogP contribution in [0.25, 0.3) is 11.4 Å². The third kappa shape index (κ3) is 3.22. The van der Waals surface area contributed by atoms with Crippen LogP contribution in [0, 0.1) is 6.92 Å². The number of nitrogens with two attached hydrogens (primary N) is 1. The number of rotatable bonds is 5. The van der Waals surface area contributed by atoms with Crippen molar-refractivity contribution < 1.29 is 9.15 Å². The highest BCUT2D eigenvalue weighted by Crippen LogP contribution is 2.24. The van der Waals surface area contributed by atoms with Gasteiger partial charge in [-0.1, -0.05) is 11.8 Å². The number of ether oxygens (including phenoxy) is 1. The molecule has 7 nitrogen and oxygen atoms in total. The summed E-state index contributed by atoms with van der Waals surface area (Å²) in [5.74, 6) is 8.43. The van der Waals surface area contributed by atoms with Crippen LogP contribution in [0.3, 0.4) is 0 Å². The Morgan fingerprint density at radius 3 is 2.86 bits per heavy atom. The fraction of sp³-hybridized carbons (Fsp3) is 0.538. The molecular weight excluding hydrogens is 290 g/mol. The molecule has 0 amide bonds. The number of aromatic nitrogens is 3. The smallest absolute Gasteiger partial charge is 0.210 e. The first-order valence-corrected chi connectivity index (χ1v) is 7.92. The molecule has 2 aromatic rings. The van der Waals surface area contributed by atoms with Crippen LogP contribution in [0.4, 0.5) is 0 Å². The SMILES string of the molecule is Cc1occc1-c1nnc(SCCN2CCOCC2)n1N. The molecule has 3 heterocycles. The van der Waals surface area contributed by atoms with Gasteiger partial charge in [0.25, 0.3) is 0 Å². The van der Waals surface area contributed by atoms with Gasteiger partial charge in [-0.25, -0.2) is 4.68 Å². The van der Waals surface area contributed by atoms with Crippen molar-refractivity contribution in [3.8, 4) is 11.4 Å². The Morgan fingerprint density at radius 1 is 1.33 bits per heavy atom. The van der Waals surface area contributed by atoms with Crippen LogP contribution >= 0.6 is 11.8 Å². The minimum absolute atomic E-state index is 0.634. The zero-order valence-corrected chi connectivity index (χ0v) is 12.8. The van der Waals surface area contributed by atoms with E-state index in [1.54, 1.807) is 18.0 Å². The van der Waals surface area contributed by atoms with Crippen molar-refractivity contribution in [1.29, 1.82) is 0 Å². The van der Waals surface area contributed by atoms with Crippen LogP contribution in [-0.2, 0) is 4.74 Å². The molecule has 2 aromatic heterocycles. The highest BCUT2D eigenvalue weighted by Gasteiger charge is 2.16. The maximum atomic E-state index is 6.08. The Labute approximate surface area is 127 Å². The average Bonchev–Trinajstić information content (AvgIpc) is 3.07. The van der Waals surface area contributed by atoms with E-state index < -0.39 is 0 Å². The molecule has 8 heteroatoms. The van der Waals surface area contributed by atoms with Gasteiger partial charge >= 0.3 is 0 Å². The Hall–Kier alpha value is -1.51. The van der Waals surface area contributed by atoms with Crippen molar-refractivity contribution >= 4 is 11.8 Å². The van der Waals surface area contributed by atoms with E-state index in [9.17, 15) is 0 Å². The number of hydrogen-bond acceptors (Lipinski definition) is 7. The predicted octanol–water partition coefficient (Wildman–Crippen LogP) is 0.985. The molecule has 3 rings (SSSR count). The molecule has 0 unspecified atom stereocenters. The van der Waals surface area contributed by atoms with E-state index in [1.165, 1.54) is 4.68 Å². The maximum absolute atomic E-state index is 6.08. The molecule has 0 atom stereocenters. The van der Waals surface area contributed by atoms with Gasteiger partial charge in [-0.3, -0.25) is 4.90 Å². The molecule has 0 spiro atoms. The summed E-state index contributed by atoms with van der Waals surface area (Å²) in [5, 5.41) is 9.04. The number of morpholine rings is 1. The normalized spacial score (nSPS) is 16.4. The van der Waals surface area contributed by atoms with Crippen LogP contribution < -0.4 is 5.84 Å². The molecule has 21 heavy (non-hydrogen) atoms. The van der Waals surface area contributed by atoms with Gasteiger partial charge in [-0.15, -0.1) is 10.2 Å². The third-order valence-electron chi connectivity index (χ3n) is 3.51. The zero-order valence-electron chi connectivity index (χ0n) is 12.0. The van der Waals surface area contributed by atoms with Gasteiger partial charge in [-0.05, 0) is 13.0 Å². The Bertz CT molecular complexity index is 591. The van der Waals surface area contributed by atoms with Crippen LogP contribution in [0.5, 0.6) is 0 Å². The summed E-state index contributed by atoms with van der Waals surface area (Å²) in [5.41, 5.74) is 0.880. The van der Waals surface area contributed by atoms with Crippen LogP contribution in [0.1, 0.15) is 5.76 Å². The van der Waals surface area contributed by atoms with Crippen molar-refractivity contribution in [3.05, 3.63) is 18.1 Å². The molecular formula is C13H19N5O2S. The second-order valence-corrected chi connectivity index (χ2v) is 5.93. The largest absolute Gasteiger partial charge is 0.469 e. The molecule has 0 radical (unpaired) electrons. The third-order valence-corrected chi connectivity index (χ3v) is 4.43. The lowest BCUT2D eigenvalue weighted by atomic mass is 10.2. The first-order chi connectivity index (χ1) is 10.3. The van der Waals surface area contributed by atoms with Crippen molar-refractivity contribution in [2.75, 3.05) is 44.4 Å². The standard InChI is InChI=1S/C13H19N5O2S/c1-10-11(2-6-20-10)12-15-16-13(18(12)14)21-9-5-17-3-7-19-8-4-17/h2,6H,3-5,7-9,14H2,1H3. The number of nitrogens with zero attached hydrogens (tertiary/aromatic N) is 4. The van der Waals surface area contributed by atoms with Crippen molar-refractivity contribution in [3.63, 3.8) is 0 Å². The molecule has 2 N–H and O–H groups in total. The minimum atomic E-state index is 0.634. The lowest BCUT2D eigenvalue weighted by Gasteiger charge is -2.26. The van der Waals surface area contributed by atoms with Crippen LogP contribution in [0.15, 0.2) is 21.9 Å². The summed E-state index contributed by atoms with van der Waals surface area (Å²) in [6, 6.07) is 1.85. The lowest BCUT2D eigenvalue weighted by Crippen LogP contribution is -2.37. The summed E-state index contributed by atoms with van der Waals surface area (Å²) < 4.78 is 12.1. The molecule has 0 saturated carbocycles. The molecule has 0 aromatic carbocycles. The molecule has 114 valence electrons. The number of hydrogen-bond donors (Lipinski definition) is 1. The Morgan fingerprint density at radius 2 is 2.14 bits per heavy atom. The predicted molar refractivity (Wildman–Crippen MR) is 80.6 cm³/mol. The highest BCUT2D eigenvalue weighted by molar-refractivity contribution is 7.99. The summed E-state index contributed by atoms with van der Waals surface area (Å²) in [7, 11) is 0. The summed E-state index contributed by atoms with van der Waals surface area (Å²) in [6.07, 6.45) is 1.63. The zero-order chi connectivity index (χ0) is 14.7. The summed E-state index contributed by atoms with van der Waals surface area (Å²) >= 11 is 1.62. The second-order valence-electron chi connectivity index (χ2n) is 4.87. The monoisotopic (exact) mass is 309 g/mol. The molecule has 1 fully saturated rings. The van der Waals surface area contributed by atoms with Gasteiger partial charge in [0.2, 0.25) is 5.16 Å². The van der Waals surface area contributed by atoms with Gasteiger partial charge in [0.1, 0.15) is 5.76 Å². The second kappa shape index (κ2) is 6.50. The van der Waals surface area contributed by atoms with E-state index in [0.29, 0.717) is 5.82 Å². The minimum Gasteiger partial charge on any atom is -0.469 e. The summed E-state index contributed by atoms with van der Waals surface area (Å²) in [6.45, 7) is 6.52. The number of thioether (sulfide) groups is 1. The summed E-state index contributed by atoms with van der Waals surface area (Å²) in [4.78, 5) is 2.38. The first kappa shape index (κ1) is 14.4. The maximum Gasteiger partial charge on any atom is 0.210 e. The Kier molecular flexibility index (Phi) is 4.47. The van der Waals surface area contributed by atoms with Crippen molar-refractivity contribution in [2.24, 2.45) is 0 Å².